The van der Waals surface area contributed by atoms with E-state index in [1.807, 2.05) is 30.3 Å². The standard InChI is InChI=1S/C19H21N2O4/c1-19(2,3)25-18(23)21-16-11-7-10-15(12-16)20-17(22)24-13-14-8-5-4-6-9-14/h4-10,12H,13H2,1-3H3,(H,20,22)(H,21,23). The van der Waals surface area contributed by atoms with Crippen LogP contribution in [0.3, 0.4) is 0 Å². The molecule has 0 aliphatic heterocycles. The third-order valence-corrected chi connectivity index (χ3v) is 2.90. The molecule has 0 aliphatic rings. The molecule has 6 heteroatoms. The van der Waals surface area contributed by atoms with Crippen LogP contribution in [0.15, 0.2) is 48.5 Å². The zero-order chi connectivity index (χ0) is 18.3. The highest BCUT2D eigenvalue weighted by atomic mass is 16.6. The lowest BCUT2D eigenvalue weighted by atomic mass is 10.2. The molecule has 0 atom stereocenters. The van der Waals surface area contributed by atoms with Crippen molar-refractivity contribution in [2.75, 3.05) is 10.6 Å². The minimum absolute atomic E-state index is 0.175. The van der Waals surface area contributed by atoms with Crippen molar-refractivity contribution in [2.24, 2.45) is 0 Å². The van der Waals surface area contributed by atoms with Gasteiger partial charge in [-0.1, -0.05) is 36.4 Å². The third kappa shape index (κ3) is 6.95. The number of amides is 2. The van der Waals surface area contributed by atoms with Gasteiger partial charge in [-0.15, -0.1) is 0 Å². The fourth-order valence-electron chi connectivity index (χ4n) is 1.91. The summed E-state index contributed by atoms with van der Waals surface area (Å²) in [6, 6.07) is 17.0. The van der Waals surface area contributed by atoms with Gasteiger partial charge in [-0.25, -0.2) is 9.59 Å². The van der Waals surface area contributed by atoms with Gasteiger partial charge in [0.1, 0.15) is 12.2 Å². The van der Waals surface area contributed by atoms with Gasteiger partial charge >= 0.3 is 12.2 Å². The van der Waals surface area contributed by atoms with Gasteiger partial charge in [-0.3, -0.25) is 10.6 Å². The summed E-state index contributed by atoms with van der Waals surface area (Å²) in [5, 5.41) is 5.16. The van der Waals surface area contributed by atoms with Crippen LogP contribution in [0.1, 0.15) is 26.3 Å². The van der Waals surface area contributed by atoms with Gasteiger partial charge in [0.05, 0.1) is 5.69 Å². The Labute approximate surface area is 147 Å². The van der Waals surface area contributed by atoms with Crippen LogP contribution in [0, 0.1) is 6.07 Å². The lowest BCUT2D eigenvalue weighted by molar-refractivity contribution is 0.0636. The molecule has 0 saturated carbocycles. The van der Waals surface area contributed by atoms with E-state index >= 15 is 0 Å². The Morgan fingerprint density at radius 1 is 1.04 bits per heavy atom. The summed E-state index contributed by atoms with van der Waals surface area (Å²) in [5.74, 6) is 0. The maximum atomic E-state index is 11.9. The SMILES string of the molecule is CC(C)(C)OC(=O)Nc1[c]ccc(NC(=O)OCc2ccccc2)c1. The second-order valence-electron chi connectivity index (χ2n) is 6.30. The van der Waals surface area contributed by atoms with Gasteiger partial charge in [-0.2, -0.15) is 0 Å². The monoisotopic (exact) mass is 341 g/mol. The fraction of sp³-hybridized carbons (Fsp3) is 0.263. The molecule has 2 amide bonds. The highest BCUT2D eigenvalue weighted by Crippen LogP contribution is 2.16. The molecule has 0 heterocycles. The largest absolute Gasteiger partial charge is 0.444 e. The zero-order valence-electron chi connectivity index (χ0n) is 14.5. The Balaban J connectivity index is 1.88. The minimum atomic E-state index is -0.596. The van der Waals surface area contributed by atoms with Crippen molar-refractivity contribution >= 4 is 23.6 Å². The number of nitrogens with one attached hydrogen (secondary N) is 2. The van der Waals surface area contributed by atoms with E-state index in [1.165, 1.54) is 0 Å². The first kappa shape index (κ1) is 18.3. The number of carbonyl (C=O) groups excluding carboxylic acids is 2. The van der Waals surface area contributed by atoms with Crippen molar-refractivity contribution in [3.05, 3.63) is 60.2 Å². The average molecular weight is 341 g/mol. The molecule has 25 heavy (non-hydrogen) atoms. The summed E-state index contributed by atoms with van der Waals surface area (Å²) in [6.45, 7) is 5.50. The number of carbonyl (C=O) groups is 2. The van der Waals surface area contributed by atoms with Crippen molar-refractivity contribution < 1.29 is 19.1 Å². The molecule has 0 aromatic heterocycles. The molecule has 1 radical (unpaired) electrons. The van der Waals surface area contributed by atoms with E-state index < -0.39 is 17.8 Å². The molecule has 2 rings (SSSR count). The van der Waals surface area contributed by atoms with Crippen LogP contribution >= 0.6 is 0 Å². The summed E-state index contributed by atoms with van der Waals surface area (Å²) < 4.78 is 10.3. The third-order valence-electron chi connectivity index (χ3n) is 2.90. The van der Waals surface area contributed by atoms with Crippen molar-refractivity contribution in [1.82, 2.24) is 0 Å². The molecular formula is C19H21N2O4. The van der Waals surface area contributed by atoms with Crippen molar-refractivity contribution in [2.45, 2.75) is 33.0 Å². The summed E-state index contributed by atoms with van der Waals surface area (Å²) in [6.07, 6.45) is -1.18. The summed E-state index contributed by atoms with van der Waals surface area (Å²) >= 11 is 0. The van der Waals surface area contributed by atoms with Crippen LogP contribution in [0.5, 0.6) is 0 Å². The van der Waals surface area contributed by atoms with Crippen LogP contribution in [-0.4, -0.2) is 17.8 Å². The Bertz CT molecular complexity index is 724. The number of rotatable bonds is 4. The van der Waals surface area contributed by atoms with Gasteiger partial charge in [-0.05, 0) is 38.5 Å². The molecule has 2 aromatic rings. The quantitative estimate of drug-likeness (QED) is 0.853. The molecule has 0 bridgehead atoms. The van der Waals surface area contributed by atoms with E-state index in [4.69, 9.17) is 9.47 Å². The molecule has 0 aliphatic carbocycles. The van der Waals surface area contributed by atoms with Crippen molar-refractivity contribution in [3.63, 3.8) is 0 Å². The predicted molar refractivity (Wildman–Crippen MR) is 95.4 cm³/mol. The van der Waals surface area contributed by atoms with E-state index in [1.54, 1.807) is 39.0 Å². The summed E-state index contributed by atoms with van der Waals surface area (Å²) in [7, 11) is 0. The molecule has 0 spiro atoms. The van der Waals surface area contributed by atoms with Crippen LogP contribution in [0.25, 0.3) is 0 Å². The maximum Gasteiger partial charge on any atom is 0.412 e. The smallest absolute Gasteiger partial charge is 0.412 e. The number of anilines is 2. The second-order valence-corrected chi connectivity index (χ2v) is 6.30. The number of ether oxygens (including phenoxy) is 2. The van der Waals surface area contributed by atoms with Gasteiger partial charge in [0.2, 0.25) is 0 Å². The Morgan fingerprint density at radius 3 is 2.44 bits per heavy atom. The van der Waals surface area contributed by atoms with Gasteiger partial charge in [0, 0.05) is 11.8 Å². The molecule has 0 unspecified atom stereocenters. The Hall–Kier alpha value is -3.02. The lowest BCUT2D eigenvalue weighted by Crippen LogP contribution is -2.27. The fourth-order valence-corrected chi connectivity index (χ4v) is 1.91. The molecule has 2 aromatic carbocycles. The first-order chi connectivity index (χ1) is 11.8. The Kier molecular flexibility index (Phi) is 6.00. The molecule has 0 saturated heterocycles. The lowest BCUT2D eigenvalue weighted by Gasteiger charge is -2.19. The topological polar surface area (TPSA) is 76.7 Å². The average Bonchev–Trinajstić information content (AvgIpc) is 2.52. The van der Waals surface area contributed by atoms with E-state index in [0.717, 1.165) is 5.56 Å². The summed E-state index contributed by atoms with van der Waals surface area (Å²) in [4.78, 5) is 23.6. The summed E-state index contributed by atoms with van der Waals surface area (Å²) in [5.41, 5.74) is 1.16. The van der Waals surface area contributed by atoms with Crippen molar-refractivity contribution in [1.29, 1.82) is 0 Å². The normalized spacial score (nSPS) is 10.7. The highest BCUT2D eigenvalue weighted by Gasteiger charge is 2.16. The minimum Gasteiger partial charge on any atom is -0.444 e. The zero-order valence-corrected chi connectivity index (χ0v) is 14.5. The van der Waals surface area contributed by atoms with Gasteiger partial charge < -0.3 is 9.47 Å². The number of hydrogen-bond donors (Lipinski definition) is 2. The van der Waals surface area contributed by atoms with E-state index in [0.29, 0.717) is 11.4 Å². The first-order valence-electron chi connectivity index (χ1n) is 7.81. The molecule has 6 nitrogen and oxygen atoms in total. The van der Waals surface area contributed by atoms with E-state index in [-0.39, 0.29) is 6.61 Å². The van der Waals surface area contributed by atoms with Gasteiger partial charge in [0.15, 0.2) is 0 Å². The highest BCUT2D eigenvalue weighted by molar-refractivity contribution is 5.88. The van der Waals surface area contributed by atoms with E-state index in [2.05, 4.69) is 16.7 Å². The molecule has 131 valence electrons. The molecular weight excluding hydrogens is 320 g/mol. The second kappa shape index (κ2) is 8.19. The van der Waals surface area contributed by atoms with Crippen molar-refractivity contribution in [3.8, 4) is 0 Å². The predicted octanol–water partition coefficient (Wildman–Crippen LogP) is 4.58. The van der Waals surface area contributed by atoms with Gasteiger partial charge in [0.25, 0.3) is 0 Å². The van der Waals surface area contributed by atoms with Crippen LogP contribution in [-0.2, 0) is 16.1 Å². The van der Waals surface area contributed by atoms with Crippen LogP contribution in [0.2, 0.25) is 0 Å². The number of benzene rings is 2. The number of hydrogen-bond acceptors (Lipinski definition) is 4. The first-order valence-corrected chi connectivity index (χ1v) is 7.81. The molecule has 2 N–H and O–H groups in total. The maximum absolute atomic E-state index is 11.9. The van der Waals surface area contributed by atoms with E-state index in [9.17, 15) is 9.59 Å². The van der Waals surface area contributed by atoms with Crippen LogP contribution < -0.4 is 10.6 Å². The molecule has 0 fully saturated rings. The van der Waals surface area contributed by atoms with Crippen LogP contribution in [0.4, 0.5) is 21.0 Å². The Morgan fingerprint density at radius 2 is 1.76 bits per heavy atom.